The highest BCUT2D eigenvalue weighted by atomic mass is 32.1. The highest BCUT2D eigenvalue weighted by Crippen LogP contribution is 2.28. The Hall–Kier alpha value is -3.98. The van der Waals surface area contributed by atoms with Crippen LogP contribution in [0.3, 0.4) is 0 Å². The van der Waals surface area contributed by atoms with Crippen molar-refractivity contribution >= 4 is 39.5 Å². The molecule has 2 aromatic carbocycles. The Morgan fingerprint density at radius 2 is 1.72 bits per heavy atom. The van der Waals surface area contributed by atoms with E-state index in [2.05, 4.69) is 15.6 Å². The number of aryl methyl sites for hydroxylation is 2. The number of nitrogens with one attached hydrogen (secondary N) is 2. The second kappa shape index (κ2) is 10.7. The normalized spacial score (nSPS) is 10.9. The zero-order valence-electron chi connectivity index (χ0n) is 20.7. The van der Waals surface area contributed by atoms with Crippen LogP contribution in [0.4, 0.5) is 11.4 Å². The van der Waals surface area contributed by atoms with Crippen molar-refractivity contribution in [1.82, 2.24) is 9.38 Å². The van der Waals surface area contributed by atoms with E-state index in [9.17, 15) is 14.4 Å². The molecule has 0 spiro atoms. The first-order valence-electron chi connectivity index (χ1n) is 11.8. The van der Waals surface area contributed by atoms with Crippen molar-refractivity contribution in [1.29, 1.82) is 0 Å². The smallest absolute Gasteiger partial charge is 0.274 e. The second-order valence-corrected chi connectivity index (χ2v) is 9.30. The molecule has 2 heterocycles. The largest absolute Gasteiger partial charge is 0.492 e. The van der Waals surface area contributed by atoms with Crippen molar-refractivity contribution < 1.29 is 14.3 Å². The van der Waals surface area contributed by atoms with Crippen LogP contribution in [-0.4, -0.2) is 27.8 Å². The fraction of sp³-hybridized carbons (Fsp3) is 0.259. The van der Waals surface area contributed by atoms with Crippen LogP contribution in [0.25, 0.3) is 4.96 Å². The minimum Gasteiger partial charge on any atom is -0.492 e. The van der Waals surface area contributed by atoms with Crippen LogP contribution in [0.5, 0.6) is 5.75 Å². The number of fused-ring (bicyclic) bond motifs is 1. The van der Waals surface area contributed by atoms with Gasteiger partial charge in [0, 0.05) is 17.4 Å². The van der Waals surface area contributed by atoms with Crippen molar-refractivity contribution in [3.8, 4) is 5.75 Å². The molecular weight excluding hydrogens is 476 g/mol. The SMILES string of the molecule is CCCc1cc(=O)n2c(C(=O)Nc3ccccc3OCC)c(C(=O)Nc3cccc(C)c3C)sc2n1. The summed E-state index contributed by atoms with van der Waals surface area (Å²) in [6, 6.07) is 14.0. The molecule has 0 aliphatic rings. The summed E-state index contributed by atoms with van der Waals surface area (Å²) in [5.74, 6) is -0.601. The van der Waals surface area contributed by atoms with Crippen molar-refractivity contribution in [3.05, 3.63) is 86.3 Å². The Labute approximate surface area is 213 Å². The lowest BCUT2D eigenvalue weighted by Crippen LogP contribution is -2.25. The number of aromatic nitrogens is 2. The van der Waals surface area contributed by atoms with Gasteiger partial charge in [-0.25, -0.2) is 9.38 Å². The second-order valence-electron chi connectivity index (χ2n) is 8.32. The Balaban J connectivity index is 1.82. The summed E-state index contributed by atoms with van der Waals surface area (Å²) in [5, 5.41) is 5.71. The number of rotatable bonds is 8. The van der Waals surface area contributed by atoms with E-state index >= 15 is 0 Å². The average molecular weight is 505 g/mol. The van der Waals surface area contributed by atoms with Crippen molar-refractivity contribution in [3.63, 3.8) is 0 Å². The number of para-hydroxylation sites is 2. The number of carbonyl (C=O) groups excluding carboxylic acids is 2. The van der Waals surface area contributed by atoms with E-state index in [1.54, 1.807) is 30.3 Å². The lowest BCUT2D eigenvalue weighted by molar-refractivity contribution is 0.0989. The van der Waals surface area contributed by atoms with Gasteiger partial charge in [-0.05, 0) is 56.5 Å². The molecule has 0 fully saturated rings. The summed E-state index contributed by atoms with van der Waals surface area (Å²) in [6.07, 6.45) is 1.44. The van der Waals surface area contributed by atoms with Gasteiger partial charge in [0.2, 0.25) is 0 Å². The molecule has 0 aliphatic carbocycles. The van der Waals surface area contributed by atoms with Crippen LogP contribution in [0.1, 0.15) is 57.2 Å². The van der Waals surface area contributed by atoms with E-state index in [1.165, 1.54) is 10.5 Å². The van der Waals surface area contributed by atoms with Gasteiger partial charge in [0.15, 0.2) is 4.96 Å². The van der Waals surface area contributed by atoms with Crippen LogP contribution >= 0.6 is 11.3 Å². The molecule has 0 atom stereocenters. The maximum absolute atomic E-state index is 13.6. The van der Waals surface area contributed by atoms with Gasteiger partial charge in [-0.15, -0.1) is 0 Å². The first-order chi connectivity index (χ1) is 17.3. The highest BCUT2D eigenvalue weighted by Gasteiger charge is 2.27. The number of hydrogen-bond acceptors (Lipinski definition) is 6. The number of ether oxygens (including phenoxy) is 1. The Bertz CT molecular complexity index is 1510. The van der Waals surface area contributed by atoms with Gasteiger partial charge in [-0.3, -0.25) is 14.4 Å². The molecule has 0 unspecified atom stereocenters. The van der Waals surface area contributed by atoms with Crippen LogP contribution in [0.15, 0.2) is 53.3 Å². The minimum absolute atomic E-state index is 0.0651. The third-order valence-electron chi connectivity index (χ3n) is 5.79. The number of thiazole rings is 1. The number of carbonyl (C=O) groups is 2. The lowest BCUT2D eigenvalue weighted by Gasteiger charge is -2.13. The molecule has 36 heavy (non-hydrogen) atoms. The first-order valence-corrected chi connectivity index (χ1v) is 12.6. The van der Waals surface area contributed by atoms with Crippen molar-refractivity contribution in [2.75, 3.05) is 17.2 Å². The van der Waals surface area contributed by atoms with E-state index in [4.69, 9.17) is 4.74 Å². The Kier molecular flexibility index (Phi) is 7.49. The van der Waals surface area contributed by atoms with Crippen LogP contribution < -0.4 is 20.9 Å². The fourth-order valence-corrected chi connectivity index (χ4v) is 4.91. The van der Waals surface area contributed by atoms with Crippen LogP contribution in [0, 0.1) is 13.8 Å². The molecule has 8 nitrogen and oxygen atoms in total. The molecule has 9 heteroatoms. The van der Waals surface area contributed by atoms with Gasteiger partial charge in [-0.2, -0.15) is 0 Å². The van der Waals surface area contributed by atoms with Crippen molar-refractivity contribution in [2.45, 2.75) is 40.5 Å². The standard InChI is InChI=1S/C27H28N4O4S/c1-5-10-18-15-22(32)31-23(25(33)30-20-12-7-8-14-21(20)35-6-2)24(36-27(31)28-18)26(34)29-19-13-9-11-16(3)17(19)4/h7-9,11-15H,5-6,10H2,1-4H3,(H,29,34)(H,30,33). The van der Waals surface area contributed by atoms with Gasteiger partial charge >= 0.3 is 0 Å². The van der Waals surface area contributed by atoms with Gasteiger partial charge in [-0.1, -0.05) is 48.9 Å². The summed E-state index contributed by atoms with van der Waals surface area (Å²) < 4.78 is 6.83. The van der Waals surface area contributed by atoms with Crippen LogP contribution in [0.2, 0.25) is 0 Å². The van der Waals surface area contributed by atoms with E-state index in [1.807, 2.05) is 39.8 Å². The number of amides is 2. The molecular formula is C27H28N4O4S. The van der Waals surface area contributed by atoms with E-state index in [0.29, 0.717) is 40.8 Å². The Morgan fingerprint density at radius 1 is 1.00 bits per heavy atom. The van der Waals surface area contributed by atoms with Crippen molar-refractivity contribution in [2.24, 2.45) is 0 Å². The topological polar surface area (TPSA) is 102 Å². The van der Waals surface area contributed by atoms with E-state index < -0.39 is 17.4 Å². The molecule has 0 saturated carbocycles. The average Bonchev–Trinajstić information content (AvgIpc) is 3.24. The molecule has 4 aromatic rings. The third kappa shape index (κ3) is 5.01. The minimum atomic E-state index is -0.605. The number of hydrogen-bond donors (Lipinski definition) is 2. The maximum atomic E-state index is 13.6. The molecule has 0 bridgehead atoms. The molecule has 0 radical (unpaired) electrons. The monoisotopic (exact) mass is 504 g/mol. The number of nitrogens with zero attached hydrogens (tertiary/aromatic N) is 2. The quantitative estimate of drug-likeness (QED) is 0.342. The maximum Gasteiger partial charge on any atom is 0.274 e. The molecule has 2 N–H and O–H groups in total. The molecule has 0 saturated heterocycles. The number of benzene rings is 2. The van der Waals surface area contributed by atoms with Gasteiger partial charge in [0.25, 0.3) is 17.4 Å². The lowest BCUT2D eigenvalue weighted by atomic mass is 10.1. The van der Waals surface area contributed by atoms with Gasteiger partial charge in [0.1, 0.15) is 16.3 Å². The zero-order chi connectivity index (χ0) is 25.8. The zero-order valence-corrected chi connectivity index (χ0v) is 21.5. The summed E-state index contributed by atoms with van der Waals surface area (Å²) in [7, 11) is 0. The third-order valence-corrected chi connectivity index (χ3v) is 6.83. The summed E-state index contributed by atoms with van der Waals surface area (Å²) in [6.45, 7) is 8.13. The molecule has 2 aromatic heterocycles. The summed E-state index contributed by atoms with van der Waals surface area (Å²) in [4.78, 5) is 45.1. The van der Waals surface area contributed by atoms with Gasteiger partial charge < -0.3 is 15.4 Å². The predicted octanol–water partition coefficient (Wildman–Crippen LogP) is 5.23. The highest BCUT2D eigenvalue weighted by molar-refractivity contribution is 7.19. The summed E-state index contributed by atoms with van der Waals surface area (Å²) in [5.41, 5.74) is 3.17. The predicted molar refractivity (Wildman–Crippen MR) is 143 cm³/mol. The molecule has 2 amide bonds. The molecule has 0 aliphatic heterocycles. The molecule has 186 valence electrons. The Morgan fingerprint density at radius 3 is 2.47 bits per heavy atom. The number of anilines is 2. The molecule has 4 rings (SSSR count). The first kappa shape index (κ1) is 25.1. The fourth-order valence-electron chi connectivity index (χ4n) is 3.86. The van der Waals surface area contributed by atoms with E-state index in [-0.39, 0.29) is 10.6 Å². The summed E-state index contributed by atoms with van der Waals surface area (Å²) >= 11 is 1.02. The van der Waals surface area contributed by atoms with Gasteiger partial charge in [0.05, 0.1) is 12.3 Å². The van der Waals surface area contributed by atoms with Crippen LogP contribution in [-0.2, 0) is 6.42 Å². The van der Waals surface area contributed by atoms with E-state index in [0.717, 1.165) is 28.9 Å².